The molecule has 6 nitrogen and oxygen atoms in total. The molecule has 162 valence electrons. The van der Waals surface area contributed by atoms with Crippen molar-refractivity contribution in [3.05, 3.63) is 101 Å². The molecule has 3 aromatic carbocycles. The molecule has 1 fully saturated rings. The lowest BCUT2D eigenvalue weighted by molar-refractivity contribution is -0.140. The summed E-state index contributed by atoms with van der Waals surface area (Å²) in [5, 5.41) is 21.2. The molecule has 0 bridgehead atoms. The van der Waals surface area contributed by atoms with Crippen LogP contribution in [-0.4, -0.2) is 33.4 Å². The predicted molar refractivity (Wildman–Crippen MR) is 120 cm³/mol. The van der Waals surface area contributed by atoms with Crippen molar-refractivity contribution in [1.82, 2.24) is 4.90 Å². The standard InChI is InChI=1S/C26H23NO5/c1-2-32-21-13-7-11-19(15-21)24(29)22-23(18-10-6-12-20(28)14-18)27(26(31)25(22)30)16-17-8-4-3-5-9-17/h3-15,23,28-29H,2,16H2,1H3. The Hall–Kier alpha value is -4.06. The van der Waals surface area contributed by atoms with Crippen molar-refractivity contribution in [3.8, 4) is 11.5 Å². The molecule has 0 aromatic heterocycles. The SMILES string of the molecule is CCOc1cccc(C(O)=C2C(=O)C(=O)N(Cc3ccccc3)C2c2cccc(O)c2)c1. The molecule has 0 aliphatic carbocycles. The second-order valence-corrected chi connectivity index (χ2v) is 7.47. The van der Waals surface area contributed by atoms with E-state index in [0.29, 0.717) is 23.5 Å². The van der Waals surface area contributed by atoms with E-state index >= 15 is 0 Å². The van der Waals surface area contributed by atoms with Gasteiger partial charge in [0.25, 0.3) is 11.7 Å². The minimum Gasteiger partial charge on any atom is -0.508 e. The minimum absolute atomic E-state index is 0.00569. The second kappa shape index (κ2) is 8.98. The Balaban J connectivity index is 1.85. The van der Waals surface area contributed by atoms with E-state index in [0.717, 1.165) is 5.56 Å². The van der Waals surface area contributed by atoms with E-state index in [1.165, 1.54) is 17.0 Å². The summed E-state index contributed by atoms with van der Waals surface area (Å²) in [5.41, 5.74) is 1.73. The molecule has 2 N–H and O–H groups in total. The van der Waals surface area contributed by atoms with Gasteiger partial charge in [-0.2, -0.15) is 0 Å². The normalized spacial score (nSPS) is 17.5. The molecule has 1 aliphatic rings. The molecule has 1 heterocycles. The third-order valence-corrected chi connectivity index (χ3v) is 5.34. The highest BCUT2D eigenvalue weighted by Crippen LogP contribution is 2.41. The molecule has 4 rings (SSSR count). The van der Waals surface area contributed by atoms with Crippen molar-refractivity contribution in [3.63, 3.8) is 0 Å². The van der Waals surface area contributed by atoms with Crippen LogP contribution in [0.1, 0.15) is 29.7 Å². The highest BCUT2D eigenvalue weighted by atomic mass is 16.5. The van der Waals surface area contributed by atoms with Crippen molar-refractivity contribution in [2.45, 2.75) is 19.5 Å². The van der Waals surface area contributed by atoms with Crippen LogP contribution in [0.5, 0.6) is 11.5 Å². The summed E-state index contributed by atoms with van der Waals surface area (Å²) >= 11 is 0. The van der Waals surface area contributed by atoms with Crippen molar-refractivity contribution in [2.75, 3.05) is 6.61 Å². The van der Waals surface area contributed by atoms with E-state index in [2.05, 4.69) is 0 Å². The molecule has 1 amide bonds. The Morgan fingerprint density at radius 2 is 1.72 bits per heavy atom. The van der Waals surface area contributed by atoms with Crippen LogP contribution in [0.3, 0.4) is 0 Å². The number of ether oxygens (including phenoxy) is 1. The Bertz CT molecular complexity index is 1190. The molecule has 32 heavy (non-hydrogen) atoms. The molecular formula is C26H23NO5. The number of Topliss-reactive ketones (excluding diaryl/α,β-unsaturated/α-hetero) is 1. The maximum atomic E-state index is 13.1. The smallest absolute Gasteiger partial charge is 0.295 e. The van der Waals surface area contributed by atoms with E-state index in [-0.39, 0.29) is 23.6 Å². The van der Waals surface area contributed by atoms with Gasteiger partial charge in [-0.1, -0.05) is 54.6 Å². The number of benzene rings is 3. The fourth-order valence-corrected chi connectivity index (χ4v) is 3.92. The second-order valence-electron chi connectivity index (χ2n) is 7.47. The molecule has 1 saturated heterocycles. The molecule has 3 aromatic rings. The summed E-state index contributed by atoms with van der Waals surface area (Å²) in [6, 6.07) is 21.6. The lowest BCUT2D eigenvalue weighted by atomic mass is 9.95. The number of hydrogen-bond donors (Lipinski definition) is 2. The van der Waals surface area contributed by atoms with E-state index in [1.54, 1.807) is 36.4 Å². The number of aromatic hydroxyl groups is 1. The fraction of sp³-hybridized carbons (Fsp3) is 0.154. The lowest BCUT2D eigenvalue weighted by Crippen LogP contribution is -2.29. The summed E-state index contributed by atoms with van der Waals surface area (Å²) in [6.45, 7) is 2.49. The number of rotatable bonds is 6. The maximum Gasteiger partial charge on any atom is 0.295 e. The Morgan fingerprint density at radius 1 is 0.969 bits per heavy atom. The molecule has 1 atom stereocenters. The molecule has 0 radical (unpaired) electrons. The van der Waals surface area contributed by atoms with Gasteiger partial charge < -0.3 is 19.8 Å². The monoisotopic (exact) mass is 429 g/mol. The minimum atomic E-state index is -0.849. The number of hydrogen-bond acceptors (Lipinski definition) is 5. The molecule has 0 saturated carbocycles. The van der Waals surface area contributed by atoms with Gasteiger partial charge in [0.05, 0.1) is 18.2 Å². The van der Waals surface area contributed by atoms with Crippen LogP contribution in [0.2, 0.25) is 0 Å². The van der Waals surface area contributed by atoms with Crippen LogP contribution in [0.25, 0.3) is 5.76 Å². The fourth-order valence-electron chi connectivity index (χ4n) is 3.92. The Morgan fingerprint density at radius 3 is 2.44 bits per heavy atom. The number of aliphatic hydroxyl groups excluding tert-OH is 1. The zero-order valence-electron chi connectivity index (χ0n) is 17.6. The van der Waals surface area contributed by atoms with Gasteiger partial charge in [-0.15, -0.1) is 0 Å². The predicted octanol–water partition coefficient (Wildman–Crippen LogP) is 4.41. The summed E-state index contributed by atoms with van der Waals surface area (Å²) in [7, 11) is 0. The Labute approximate surface area is 186 Å². The first-order valence-electron chi connectivity index (χ1n) is 10.3. The van der Waals surface area contributed by atoms with Gasteiger partial charge in [-0.05, 0) is 42.3 Å². The average molecular weight is 429 g/mol. The van der Waals surface area contributed by atoms with Gasteiger partial charge >= 0.3 is 0 Å². The number of phenolic OH excluding ortho intramolecular Hbond substituents is 1. The summed E-state index contributed by atoms with van der Waals surface area (Å²) in [4.78, 5) is 27.6. The zero-order chi connectivity index (χ0) is 22.7. The summed E-state index contributed by atoms with van der Waals surface area (Å²) < 4.78 is 5.51. The van der Waals surface area contributed by atoms with Crippen molar-refractivity contribution >= 4 is 17.4 Å². The van der Waals surface area contributed by atoms with Gasteiger partial charge in [0.2, 0.25) is 0 Å². The highest BCUT2D eigenvalue weighted by molar-refractivity contribution is 6.46. The van der Waals surface area contributed by atoms with E-state index < -0.39 is 17.7 Å². The van der Waals surface area contributed by atoms with Crippen molar-refractivity contribution in [1.29, 1.82) is 0 Å². The summed E-state index contributed by atoms with van der Waals surface area (Å²) in [6.07, 6.45) is 0. The van der Waals surface area contributed by atoms with Crippen molar-refractivity contribution in [2.24, 2.45) is 0 Å². The average Bonchev–Trinajstić information content (AvgIpc) is 3.05. The number of carbonyl (C=O) groups is 2. The van der Waals surface area contributed by atoms with Crippen LogP contribution in [-0.2, 0) is 16.1 Å². The van der Waals surface area contributed by atoms with Gasteiger partial charge in [-0.25, -0.2) is 0 Å². The quantitative estimate of drug-likeness (QED) is 0.344. The third kappa shape index (κ3) is 4.07. The van der Waals surface area contributed by atoms with Crippen LogP contribution < -0.4 is 4.74 Å². The molecular weight excluding hydrogens is 406 g/mol. The topological polar surface area (TPSA) is 87.1 Å². The van der Waals surface area contributed by atoms with Crippen molar-refractivity contribution < 1.29 is 24.5 Å². The van der Waals surface area contributed by atoms with E-state index in [1.807, 2.05) is 37.3 Å². The molecule has 0 spiro atoms. The number of nitrogens with zero attached hydrogens (tertiary/aromatic N) is 1. The van der Waals surface area contributed by atoms with Crippen LogP contribution in [0.15, 0.2) is 84.4 Å². The number of likely N-dealkylation sites (tertiary alicyclic amines) is 1. The number of carbonyl (C=O) groups excluding carboxylic acids is 2. The van der Waals surface area contributed by atoms with Gasteiger partial charge in [0, 0.05) is 12.1 Å². The molecule has 1 aliphatic heterocycles. The van der Waals surface area contributed by atoms with Gasteiger partial charge in [0.15, 0.2) is 0 Å². The van der Waals surface area contributed by atoms with Crippen LogP contribution in [0.4, 0.5) is 0 Å². The lowest BCUT2D eigenvalue weighted by Gasteiger charge is -2.25. The van der Waals surface area contributed by atoms with Gasteiger partial charge in [-0.3, -0.25) is 9.59 Å². The highest BCUT2D eigenvalue weighted by Gasteiger charge is 2.46. The Kier molecular flexibility index (Phi) is 5.94. The van der Waals surface area contributed by atoms with Crippen LogP contribution in [0, 0.1) is 0 Å². The first-order chi connectivity index (χ1) is 15.5. The third-order valence-electron chi connectivity index (χ3n) is 5.34. The first-order valence-corrected chi connectivity index (χ1v) is 10.3. The first kappa shape index (κ1) is 21.2. The maximum absolute atomic E-state index is 13.1. The molecule has 1 unspecified atom stereocenters. The molecule has 6 heteroatoms. The summed E-state index contributed by atoms with van der Waals surface area (Å²) in [5.74, 6) is -1.21. The number of amides is 1. The number of ketones is 1. The van der Waals surface area contributed by atoms with E-state index in [9.17, 15) is 19.8 Å². The number of phenols is 1. The number of aliphatic hydroxyl groups is 1. The van der Waals surface area contributed by atoms with E-state index in [4.69, 9.17) is 4.74 Å². The largest absolute Gasteiger partial charge is 0.508 e. The zero-order valence-corrected chi connectivity index (χ0v) is 17.6. The van der Waals surface area contributed by atoms with Gasteiger partial charge in [0.1, 0.15) is 17.3 Å². The van der Waals surface area contributed by atoms with Crippen LogP contribution >= 0.6 is 0 Å².